The molecule has 1 atom stereocenters. The molecule has 2 N–H and O–H groups in total. The van der Waals surface area contributed by atoms with E-state index in [1.807, 2.05) is 36.1 Å². The highest BCUT2D eigenvalue weighted by atomic mass is 79.9. The Morgan fingerprint density at radius 1 is 1.27 bits per heavy atom. The van der Waals surface area contributed by atoms with Gasteiger partial charge in [0.2, 0.25) is 0 Å². The van der Waals surface area contributed by atoms with Gasteiger partial charge in [-0.1, -0.05) is 39.7 Å². The fraction of sp³-hybridized carbons (Fsp3) is 0.400. The molecule has 2 aromatic carbocycles. The van der Waals surface area contributed by atoms with Crippen molar-refractivity contribution in [3.05, 3.63) is 62.6 Å². The number of nitrogens with zero attached hydrogens (tertiary/aromatic N) is 1. The summed E-state index contributed by atoms with van der Waals surface area (Å²) in [5, 5.41) is 0.497. The van der Waals surface area contributed by atoms with Gasteiger partial charge >= 0.3 is 0 Å². The summed E-state index contributed by atoms with van der Waals surface area (Å²) in [5.74, 6) is -2.87. The molecule has 1 saturated heterocycles. The molecule has 1 heterocycles. The minimum Gasteiger partial charge on any atom is -0.370 e. The maximum Gasteiger partial charge on any atom is 0.256 e. The van der Waals surface area contributed by atoms with E-state index in [9.17, 15) is 8.78 Å². The molecular formula is C20H22BrClF2N2. The van der Waals surface area contributed by atoms with E-state index < -0.39 is 11.3 Å². The van der Waals surface area contributed by atoms with Crippen LogP contribution in [0.15, 0.2) is 40.9 Å². The van der Waals surface area contributed by atoms with Crippen LogP contribution in [0.4, 0.5) is 14.5 Å². The van der Waals surface area contributed by atoms with E-state index in [4.69, 9.17) is 17.3 Å². The molecule has 0 aromatic heterocycles. The highest BCUT2D eigenvalue weighted by Crippen LogP contribution is 2.48. The van der Waals surface area contributed by atoms with Crippen molar-refractivity contribution in [3.63, 3.8) is 0 Å². The first-order valence-corrected chi connectivity index (χ1v) is 9.72. The second kappa shape index (κ2) is 7.10. The number of anilines is 1. The van der Waals surface area contributed by atoms with Gasteiger partial charge in [0, 0.05) is 41.7 Å². The zero-order chi connectivity index (χ0) is 19.1. The molecule has 3 rings (SSSR count). The lowest BCUT2D eigenvalue weighted by Gasteiger charge is -2.36. The van der Waals surface area contributed by atoms with Crippen LogP contribution in [0.25, 0.3) is 0 Å². The number of benzene rings is 2. The largest absolute Gasteiger partial charge is 0.370 e. The van der Waals surface area contributed by atoms with Gasteiger partial charge < -0.3 is 10.6 Å². The third kappa shape index (κ3) is 3.49. The average molecular weight is 444 g/mol. The fourth-order valence-electron chi connectivity index (χ4n) is 3.79. The Hall–Kier alpha value is -1.17. The molecule has 0 radical (unpaired) electrons. The van der Waals surface area contributed by atoms with E-state index >= 15 is 0 Å². The molecule has 0 aliphatic carbocycles. The maximum atomic E-state index is 14.8. The highest BCUT2D eigenvalue weighted by Gasteiger charge is 2.55. The topological polar surface area (TPSA) is 29.3 Å². The Morgan fingerprint density at radius 2 is 2.00 bits per heavy atom. The van der Waals surface area contributed by atoms with Gasteiger partial charge in [-0.3, -0.25) is 0 Å². The van der Waals surface area contributed by atoms with Crippen LogP contribution in [0.3, 0.4) is 0 Å². The Labute approximate surface area is 166 Å². The van der Waals surface area contributed by atoms with Crippen molar-refractivity contribution in [2.45, 2.75) is 38.2 Å². The number of rotatable bonds is 4. The van der Waals surface area contributed by atoms with E-state index in [0.717, 1.165) is 28.2 Å². The Morgan fingerprint density at radius 3 is 2.58 bits per heavy atom. The van der Waals surface area contributed by atoms with Crippen molar-refractivity contribution in [3.8, 4) is 0 Å². The van der Waals surface area contributed by atoms with Gasteiger partial charge in [-0.2, -0.15) is 0 Å². The summed E-state index contributed by atoms with van der Waals surface area (Å²) in [6.45, 7) is 4.13. The first-order chi connectivity index (χ1) is 12.2. The molecule has 1 aliphatic heterocycles. The Balaban J connectivity index is 2.00. The van der Waals surface area contributed by atoms with Crippen LogP contribution >= 0.6 is 27.5 Å². The normalized spacial score (nSPS) is 20.7. The monoisotopic (exact) mass is 442 g/mol. The van der Waals surface area contributed by atoms with Crippen molar-refractivity contribution in [1.29, 1.82) is 0 Å². The molecule has 0 bridgehead atoms. The van der Waals surface area contributed by atoms with Crippen molar-refractivity contribution >= 4 is 33.2 Å². The van der Waals surface area contributed by atoms with Gasteiger partial charge in [-0.25, -0.2) is 8.78 Å². The molecule has 1 fully saturated rings. The summed E-state index contributed by atoms with van der Waals surface area (Å²) < 4.78 is 30.5. The van der Waals surface area contributed by atoms with Gasteiger partial charge in [-0.15, -0.1) is 0 Å². The van der Waals surface area contributed by atoms with Crippen molar-refractivity contribution in [1.82, 2.24) is 0 Å². The van der Waals surface area contributed by atoms with E-state index in [-0.39, 0.29) is 6.54 Å². The number of halogens is 4. The second-order valence-corrected chi connectivity index (χ2v) is 8.43. The minimum atomic E-state index is -2.87. The standard InChI is InChI=1S/C20H22BrClF2N2/c1-13-7-15(9-16(22)8-13)20(19(2,23)24)5-6-26(12-20)17-4-3-14(11-25)18(21)10-17/h3-4,7-10H,5-6,11-12,25H2,1-2H3. The van der Waals surface area contributed by atoms with E-state index in [1.54, 1.807) is 12.1 Å². The number of hydrogen-bond acceptors (Lipinski definition) is 2. The van der Waals surface area contributed by atoms with E-state index in [1.165, 1.54) is 0 Å². The summed E-state index contributed by atoms with van der Waals surface area (Å²) in [5.41, 5.74) is 7.85. The van der Waals surface area contributed by atoms with Crippen LogP contribution in [0.2, 0.25) is 5.02 Å². The number of alkyl halides is 2. The average Bonchev–Trinajstić information content (AvgIpc) is 3.00. The van der Waals surface area contributed by atoms with E-state index in [2.05, 4.69) is 15.9 Å². The molecule has 0 spiro atoms. The smallest absolute Gasteiger partial charge is 0.256 e. The lowest BCUT2D eigenvalue weighted by atomic mass is 9.74. The van der Waals surface area contributed by atoms with Crippen LogP contribution < -0.4 is 10.6 Å². The van der Waals surface area contributed by atoms with Crippen molar-refractivity contribution in [2.24, 2.45) is 5.73 Å². The van der Waals surface area contributed by atoms with Crippen LogP contribution in [0.5, 0.6) is 0 Å². The minimum absolute atomic E-state index is 0.241. The maximum absolute atomic E-state index is 14.8. The molecule has 26 heavy (non-hydrogen) atoms. The van der Waals surface area contributed by atoms with Gasteiger partial charge in [0.15, 0.2) is 0 Å². The fourth-order valence-corrected chi connectivity index (χ4v) is 4.61. The first kappa shape index (κ1) is 19.6. The predicted octanol–water partition coefficient (Wildman–Crippen LogP) is 5.67. The van der Waals surface area contributed by atoms with Crippen LogP contribution in [0, 0.1) is 6.92 Å². The molecule has 1 unspecified atom stereocenters. The second-order valence-electron chi connectivity index (χ2n) is 7.14. The molecule has 2 aromatic rings. The number of hydrogen-bond donors (Lipinski definition) is 1. The summed E-state index contributed by atoms with van der Waals surface area (Å²) in [7, 11) is 0. The van der Waals surface area contributed by atoms with Crippen LogP contribution in [-0.4, -0.2) is 19.0 Å². The van der Waals surface area contributed by atoms with Crippen molar-refractivity contribution in [2.75, 3.05) is 18.0 Å². The molecule has 1 aliphatic rings. The SMILES string of the molecule is Cc1cc(Cl)cc(C2(C(C)(F)F)CCN(c3ccc(CN)c(Br)c3)C2)c1. The van der Waals surface area contributed by atoms with Crippen molar-refractivity contribution < 1.29 is 8.78 Å². The quantitative estimate of drug-likeness (QED) is 0.659. The third-order valence-electron chi connectivity index (χ3n) is 5.33. The van der Waals surface area contributed by atoms with Gasteiger partial charge in [0.25, 0.3) is 5.92 Å². The van der Waals surface area contributed by atoms with Gasteiger partial charge in [0.1, 0.15) is 0 Å². The lowest BCUT2D eigenvalue weighted by Crippen LogP contribution is -2.45. The summed E-state index contributed by atoms with van der Waals surface area (Å²) in [4.78, 5) is 2.01. The zero-order valence-electron chi connectivity index (χ0n) is 14.8. The predicted molar refractivity (Wildman–Crippen MR) is 107 cm³/mol. The lowest BCUT2D eigenvalue weighted by molar-refractivity contribution is -0.0533. The number of nitrogens with two attached hydrogens (primary N) is 1. The molecule has 2 nitrogen and oxygen atoms in total. The van der Waals surface area contributed by atoms with Gasteiger partial charge in [0.05, 0.1) is 5.41 Å². The van der Waals surface area contributed by atoms with Crippen LogP contribution in [-0.2, 0) is 12.0 Å². The molecule has 0 amide bonds. The first-order valence-electron chi connectivity index (χ1n) is 8.55. The Bertz CT molecular complexity index is 802. The van der Waals surface area contributed by atoms with Crippen LogP contribution in [0.1, 0.15) is 30.0 Å². The molecule has 0 saturated carbocycles. The zero-order valence-corrected chi connectivity index (χ0v) is 17.2. The highest BCUT2D eigenvalue weighted by molar-refractivity contribution is 9.10. The molecule has 140 valence electrons. The Kier molecular flexibility index (Phi) is 5.35. The summed E-state index contributed by atoms with van der Waals surface area (Å²) in [6.07, 6.45) is 0.368. The van der Waals surface area contributed by atoms with E-state index in [0.29, 0.717) is 30.1 Å². The molecule has 6 heteroatoms. The third-order valence-corrected chi connectivity index (χ3v) is 6.28. The molecular weight excluding hydrogens is 422 g/mol. The van der Waals surface area contributed by atoms with Gasteiger partial charge in [-0.05, 0) is 54.3 Å². The number of aryl methyl sites for hydroxylation is 1. The summed E-state index contributed by atoms with van der Waals surface area (Å²) >= 11 is 9.69. The summed E-state index contributed by atoms with van der Waals surface area (Å²) in [6, 6.07) is 11.1.